The lowest BCUT2D eigenvalue weighted by molar-refractivity contribution is 0.00304. The van der Waals surface area contributed by atoms with Crippen molar-refractivity contribution in [2.75, 3.05) is 25.6 Å². The van der Waals surface area contributed by atoms with Gasteiger partial charge in [-0.25, -0.2) is 4.21 Å². The van der Waals surface area contributed by atoms with Crippen molar-refractivity contribution in [3.63, 3.8) is 0 Å². The average molecular weight is 294 g/mol. The topological polar surface area (TPSA) is 96.2 Å². The lowest BCUT2D eigenvalue weighted by Gasteiger charge is -2.39. The highest BCUT2D eigenvalue weighted by molar-refractivity contribution is 8.14. The van der Waals surface area contributed by atoms with Crippen LogP contribution in [0.5, 0.6) is 0 Å². The van der Waals surface area contributed by atoms with Gasteiger partial charge in [0, 0.05) is 10.8 Å². The maximum atomic E-state index is 12.8. The van der Waals surface area contributed by atoms with Gasteiger partial charge in [0.25, 0.3) is 0 Å². The maximum Gasteiger partial charge on any atom is 0.175 e. The van der Waals surface area contributed by atoms with Crippen LogP contribution in [0.2, 0.25) is 0 Å². The van der Waals surface area contributed by atoms with E-state index >= 15 is 0 Å². The predicted octanol–water partition coefficient (Wildman–Crippen LogP) is 0.454. The maximum absolute atomic E-state index is 12.8. The van der Waals surface area contributed by atoms with E-state index in [0.29, 0.717) is 0 Å². The van der Waals surface area contributed by atoms with E-state index in [-0.39, 0.29) is 12.2 Å². The Hall–Kier alpha value is -1.15. The summed E-state index contributed by atoms with van der Waals surface area (Å²) in [5.74, 6) is -0.208. The Kier molecular flexibility index (Phi) is 6.44. The first-order valence-corrected chi connectivity index (χ1v) is 7.63. The molecule has 112 valence electrons. The standard InChI is InChI=1S/C12H22O6S/c1-4-17-19(16,6-3,18-5-2)8-7-12(9-13,10-14)11-15/h4-6,13-15H,1-3,7-11H2. The summed E-state index contributed by atoms with van der Waals surface area (Å²) in [5, 5.41) is 28.7. The highest BCUT2D eigenvalue weighted by Gasteiger charge is 2.39. The lowest BCUT2D eigenvalue weighted by Crippen LogP contribution is -2.42. The van der Waals surface area contributed by atoms with Gasteiger partial charge < -0.3 is 23.7 Å². The van der Waals surface area contributed by atoms with E-state index in [0.717, 1.165) is 17.9 Å². The minimum absolute atomic E-state index is 0.00440. The van der Waals surface area contributed by atoms with E-state index in [4.69, 9.17) is 8.37 Å². The van der Waals surface area contributed by atoms with Crippen molar-refractivity contribution in [3.8, 4) is 0 Å². The number of aliphatic hydroxyl groups is 3. The number of hydrogen-bond acceptors (Lipinski definition) is 6. The number of rotatable bonds is 11. The molecule has 0 radical (unpaired) electrons. The van der Waals surface area contributed by atoms with Crippen LogP contribution in [0.15, 0.2) is 37.7 Å². The van der Waals surface area contributed by atoms with Gasteiger partial charge in [-0.3, -0.25) is 0 Å². The second kappa shape index (κ2) is 6.85. The number of hydrogen-bond donors (Lipinski definition) is 3. The lowest BCUT2D eigenvalue weighted by atomic mass is 9.88. The molecule has 0 unspecified atom stereocenters. The molecule has 0 aromatic carbocycles. The van der Waals surface area contributed by atoms with Gasteiger partial charge in [0.15, 0.2) is 9.63 Å². The van der Waals surface area contributed by atoms with E-state index in [2.05, 4.69) is 19.7 Å². The van der Waals surface area contributed by atoms with Crippen LogP contribution in [0.25, 0.3) is 0 Å². The minimum atomic E-state index is -4.19. The van der Waals surface area contributed by atoms with Crippen LogP contribution >= 0.6 is 0 Å². The zero-order valence-corrected chi connectivity index (χ0v) is 11.7. The second-order valence-electron chi connectivity index (χ2n) is 4.13. The van der Waals surface area contributed by atoms with Gasteiger partial charge in [-0.2, -0.15) is 0 Å². The summed E-state index contributed by atoms with van der Waals surface area (Å²) in [4.78, 5) is 0. The third kappa shape index (κ3) is 4.17. The quantitative estimate of drug-likeness (QED) is 0.479. The third-order valence-electron chi connectivity index (χ3n) is 2.87. The van der Waals surface area contributed by atoms with Crippen LogP contribution in [0.1, 0.15) is 6.42 Å². The van der Waals surface area contributed by atoms with Crippen molar-refractivity contribution < 1.29 is 27.9 Å². The first-order valence-electron chi connectivity index (χ1n) is 5.58. The van der Waals surface area contributed by atoms with Gasteiger partial charge in [-0.05, 0) is 6.42 Å². The molecule has 7 heteroatoms. The molecule has 0 fully saturated rings. The first kappa shape index (κ1) is 17.8. The summed E-state index contributed by atoms with van der Waals surface area (Å²) in [7, 11) is -4.19. The summed E-state index contributed by atoms with van der Waals surface area (Å²) in [6, 6.07) is 0. The largest absolute Gasteiger partial charge is 0.402 e. The van der Waals surface area contributed by atoms with Crippen molar-refractivity contribution >= 4 is 9.63 Å². The molecule has 0 atom stereocenters. The van der Waals surface area contributed by atoms with Gasteiger partial charge in [-0.15, -0.1) is 0 Å². The van der Waals surface area contributed by atoms with Gasteiger partial charge in [0.2, 0.25) is 0 Å². The number of aliphatic hydroxyl groups excluding tert-OH is 3. The van der Waals surface area contributed by atoms with Gasteiger partial charge in [0.05, 0.1) is 38.1 Å². The Morgan fingerprint density at radius 1 is 1.00 bits per heavy atom. The molecule has 3 N–H and O–H groups in total. The molecule has 6 nitrogen and oxygen atoms in total. The smallest absolute Gasteiger partial charge is 0.175 e. The average Bonchev–Trinajstić information content (AvgIpc) is 2.42. The van der Waals surface area contributed by atoms with E-state index in [1.165, 1.54) is 0 Å². The Morgan fingerprint density at radius 2 is 1.42 bits per heavy atom. The summed E-state index contributed by atoms with van der Waals surface area (Å²) in [5.41, 5.74) is -1.18. The molecule has 19 heavy (non-hydrogen) atoms. The van der Waals surface area contributed by atoms with Crippen molar-refractivity contribution in [3.05, 3.63) is 37.7 Å². The van der Waals surface area contributed by atoms with Gasteiger partial charge in [-0.1, -0.05) is 19.7 Å². The Balaban J connectivity index is 5.25. The van der Waals surface area contributed by atoms with Crippen LogP contribution in [0.3, 0.4) is 0 Å². The Bertz CT molecular complexity index is 363. The SMILES string of the molecule is C=COS(=O)(C=C)(CCC(CO)(CO)CO)OC=C. The molecule has 0 aliphatic heterocycles. The van der Waals surface area contributed by atoms with Crippen LogP contribution in [0.4, 0.5) is 0 Å². The van der Waals surface area contributed by atoms with E-state index in [9.17, 15) is 19.5 Å². The molecule has 0 aromatic rings. The first-order chi connectivity index (χ1) is 8.87. The fraction of sp³-hybridized carbons (Fsp3) is 0.500. The van der Waals surface area contributed by atoms with Crippen LogP contribution < -0.4 is 0 Å². The highest BCUT2D eigenvalue weighted by Crippen LogP contribution is 2.35. The highest BCUT2D eigenvalue weighted by atomic mass is 32.3. The molecule has 0 saturated carbocycles. The normalized spacial score (nSPS) is 13.9. The molecule has 0 bridgehead atoms. The minimum Gasteiger partial charge on any atom is -0.402 e. The van der Waals surface area contributed by atoms with Crippen LogP contribution in [0, 0.1) is 5.41 Å². The van der Waals surface area contributed by atoms with Crippen molar-refractivity contribution in [2.24, 2.45) is 5.41 Å². The fourth-order valence-corrected chi connectivity index (χ4v) is 3.29. The zero-order valence-electron chi connectivity index (χ0n) is 10.9. The molecule has 0 rings (SSSR count). The van der Waals surface area contributed by atoms with Gasteiger partial charge in [0.1, 0.15) is 0 Å². The molecule has 0 aromatic heterocycles. The van der Waals surface area contributed by atoms with E-state index in [1.807, 2.05) is 0 Å². The van der Waals surface area contributed by atoms with Crippen molar-refractivity contribution in [2.45, 2.75) is 6.42 Å². The molecule has 0 aliphatic rings. The van der Waals surface area contributed by atoms with Gasteiger partial charge >= 0.3 is 0 Å². The molecule has 0 spiro atoms. The Morgan fingerprint density at radius 3 is 1.68 bits per heavy atom. The monoisotopic (exact) mass is 294 g/mol. The molecular weight excluding hydrogens is 272 g/mol. The third-order valence-corrected chi connectivity index (χ3v) is 5.53. The summed E-state index contributed by atoms with van der Waals surface area (Å²) < 4.78 is 22.8. The predicted molar refractivity (Wildman–Crippen MR) is 74.1 cm³/mol. The molecular formula is C12H22O6S. The summed E-state index contributed by atoms with van der Waals surface area (Å²) >= 11 is 0. The molecule has 0 saturated heterocycles. The molecule has 0 heterocycles. The Labute approximate surface area is 113 Å². The second-order valence-corrected chi connectivity index (χ2v) is 7.29. The van der Waals surface area contributed by atoms with Crippen LogP contribution in [-0.4, -0.2) is 45.1 Å². The summed E-state index contributed by atoms with van der Waals surface area (Å²) in [6.45, 7) is 8.65. The summed E-state index contributed by atoms with van der Waals surface area (Å²) in [6.07, 6.45) is 1.91. The fourth-order valence-electron chi connectivity index (χ4n) is 1.35. The van der Waals surface area contributed by atoms with Crippen molar-refractivity contribution in [1.29, 1.82) is 0 Å². The van der Waals surface area contributed by atoms with Crippen molar-refractivity contribution in [1.82, 2.24) is 0 Å². The van der Waals surface area contributed by atoms with Crippen LogP contribution in [-0.2, 0) is 18.0 Å². The molecule has 0 amide bonds. The van der Waals surface area contributed by atoms with E-state index in [1.54, 1.807) is 0 Å². The van der Waals surface area contributed by atoms with E-state index < -0.39 is 34.9 Å². The zero-order chi connectivity index (χ0) is 15.0. The molecule has 0 aliphatic carbocycles.